The average Bonchev–Trinajstić information content (AvgIpc) is 2.67. The first-order chi connectivity index (χ1) is 8.99. The van der Waals surface area contributed by atoms with Crippen molar-refractivity contribution in [3.8, 4) is 6.07 Å². The Morgan fingerprint density at radius 2 is 2.11 bits per heavy atom. The number of nitrogens with zero attached hydrogens (tertiary/aromatic N) is 2. The summed E-state index contributed by atoms with van der Waals surface area (Å²) < 4.78 is 5.92. The molecule has 9 nitrogen and oxygen atoms in total. The number of aliphatic hydroxyl groups is 3. The molecule has 1 aromatic rings. The quantitative estimate of drug-likeness (QED) is 0.447. The molecule has 0 aliphatic carbocycles. The van der Waals surface area contributed by atoms with E-state index in [2.05, 4.69) is 0 Å². The third kappa shape index (κ3) is 2.18. The van der Waals surface area contributed by atoms with Crippen molar-refractivity contribution in [1.82, 2.24) is 9.55 Å². The minimum Gasteiger partial charge on any atom is -0.394 e. The second-order valence-corrected chi connectivity index (χ2v) is 4.05. The fourth-order valence-electron chi connectivity index (χ4n) is 1.86. The highest BCUT2D eigenvalue weighted by Crippen LogP contribution is 2.27. The highest BCUT2D eigenvalue weighted by molar-refractivity contribution is 5.22. The Morgan fingerprint density at radius 3 is 2.63 bits per heavy atom. The molecule has 1 aliphatic heterocycles. The van der Waals surface area contributed by atoms with Crippen LogP contribution in [0.25, 0.3) is 0 Å². The molecule has 0 amide bonds. The zero-order valence-corrected chi connectivity index (χ0v) is 9.55. The van der Waals surface area contributed by atoms with Crippen molar-refractivity contribution in [3.05, 3.63) is 32.6 Å². The van der Waals surface area contributed by atoms with Gasteiger partial charge in [-0.15, -0.1) is 0 Å². The highest BCUT2D eigenvalue weighted by atomic mass is 16.6. The molecule has 1 fully saturated rings. The molecule has 2 heterocycles. The summed E-state index contributed by atoms with van der Waals surface area (Å²) >= 11 is 0. The Hall–Kier alpha value is -1.99. The van der Waals surface area contributed by atoms with Gasteiger partial charge in [0.2, 0.25) is 0 Å². The first kappa shape index (κ1) is 13.4. The molecule has 0 radical (unpaired) electrons. The van der Waals surface area contributed by atoms with E-state index in [1.54, 1.807) is 6.07 Å². The number of rotatable bonds is 2. The first-order valence-corrected chi connectivity index (χ1v) is 5.37. The van der Waals surface area contributed by atoms with Crippen molar-refractivity contribution in [1.29, 1.82) is 5.26 Å². The van der Waals surface area contributed by atoms with Gasteiger partial charge in [0, 0.05) is 6.20 Å². The standard InChI is InChI=1S/C10H11N3O6/c11-1-4-2-13(10(18)12-8(4)17)9-7(16)6(15)5(3-14)19-9/h2,5-7,9,14-16H,3H2,(H,12,17,18)/t5-,6-,7-,9-/m1/s1. The van der Waals surface area contributed by atoms with Crippen LogP contribution < -0.4 is 11.2 Å². The Morgan fingerprint density at radius 1 is 1.42 bits per heavy atom. The van der Waals surface area contributed by atoms with Crippen molar-refractivity contribution >= 4 is 0 Å². The molecular formula is C10H11N3O6. The molecule has 2 rings (SSSR count). The number of aliphatic hydroxyl groups excluding tert-OH is 3. The smallest absolute Gasteiger partial charge is 0.330 e. The van der Waals surface area contributed by atoms with Crippen molar-refractivity contribution in [2.45, 2.75) is 24.5 Å². The van der Waals surface area contributed by atoms with Crippen molar-refractivity contribution in [2.24, 2.45) is 0 Å². The van der Waals surface area contributed by atoms with Gasteiger partial charge in [-0.3, -0.25) is 14.3 Å². The number of nitriles is 1. The maximum Gasteiger partial charge on any atom is 0.330 e. The van der Waals surface area contributed by atoms with Crippen LogP contribution in [0.2, 0.25) is 0 Å². The predicted molar refractivity (Wildman–Crippen MR) is 59.0 cm³/mol. The Labute approximate surface area is 105 Å². The number of hydrogen-bond acceptors (Lipinski definition) is 7. The molecule has 102 valence electrons. The number of H-pyrrole nitrogens is 1. The first-order valence-electron chi connectivity index (χ1n) is 5.37. The second kappa shape index (κ2) is 4.94. The van der Waals surface area contributed by atoms with Crippen LogP contribution in [-0.4, -0.2) is 49.8 Å². The molecule has 0 saturated carbocycles. The number of ether oxygens (including phenoxy) is 1. The zero-order chi connectivity index (χ0) is 14.2. The van der Waals surface area contributed by atoms with Gasteiger partial charge in [-0.1, -0.05) is 0 Å². The average molecular weight is 269 g/mol. The third-order valence-corrected chi connectivity index (χ3v) is 2.88. The molecule has 4 N–H and O–H groups in total. The Balaban J connectivity index is 2.46. The zero-order valence-electron chi connectivity index (χ0n) is 9.55. The monoisotopic (exact) mass is 269 g/mol. The van der Waals surface area contributed by atoms with E-state index < -0.39 is 42.4 Å². The van der Waals surface area contributed by atoms with E-state index in [0.717, 1.165) is 10.8 Å². The largest absolute Gasteiger partial charge is 0.394 e. The van der Waals surface area contributed by atoms with Crippen molar-refractivity contribution in [3.63, 3.8) is 0 Å². The van der Waals surface area contributed by atoms with Gasteiger partial charge in [0.25, 0.3) is 5.56 Å². The molecule has 9 heteroatoms. The van der Waals surface area contributed by atoms with Gasteiger partial charge >= 0.3 is 5.69 Å². The minimum absolute atomic E-state index is 0.336. The van der Waals surface area contributed by atoms with Gasteiger partial charge in [0.15, 0.2) is 6.23 Å². The number of aromatic nitrogens is 2. The molecule has 1 saturated heterocycles. The van der Waals surface area contributed by atoms with E-state index in [9.17, 15) is 19.8 Å². The van der Waals surface area contributed by atoms with Crippen LogP contribution in [0.15, 0.2) is 15.8 Å². The molecule has 1 aromatic heterocycles. The maximum absolute atomic E-state index is 11.6. The van der Waals surface area contributed by atoms with E-state index in [1.807, 2.05) is 4.98 Å². The normalized spacial score (nSPS) is 30.2. The molecule has 0 unspecified atom stereocenters. The van der Waals surface area contributed by atoms with E-state index in [4.69, 9.17) is 15.1 Å². The molecule has 1 aliphatic rings. The fourth-order valence-corrected chi connectivity index (χ4v) is 1.86. The van der Waals surface area contributed by atoms with E-state index in [1.165, 1.54) is 0 Å². The lowest BCUT2D eigenvalue weighted by atomic mass is 10.1. The van der Waals surface area contributed by atoms with Gasteiger partial charge in [0.05, 0.1) is 6.61 Å². The molecule has 0 spiro atoms. The van der Waals surface area contributed by atoms with Crippen molar-refractivity contribution < 1.29 is 20.1 Å². The van der Waals surface area contributed by atoms with Gasteiger partial charge in [-0.05, 0) is 0 Å². The third-order valence-electron chi connectivity index (χ3n) is 2.88. The van der Waals surface area contributed by atoms with Crippen LogP contribution in [-0.2, 0) is 4.74 Å². The summed E-state index contributed by atoms with van der Waals surface area (Å²) in [4.78, 5) is 24.7. The van der Waals surface area contributed by atoms with Gasteiger partial charge in [-0.2, -0.15) is 5.26 Å². The summed E-state index contributed by atoms with van der Waals surface area (Å²) in [5, 5.41) is 37.0. The topological polar surface area (TPSA) is 149 Å². The second-order valence-electron chi connectivity index (χ2n) is 4.05. The van der Waals surface area contributed by atoms with E-state index in [0.29, 0.717) is 0 Å². The summed E-state index contributed by atoms with van der Waals surface area (Å²) in [6.45, 7) is -0.544. The summed E-state index contributed by atoms with van der Waals surface area (Å²) in [6, 6.07) is 1.59. The highest BCUT2D eigenvalue weighted by Gasteiger charge is 2.43. The molecule has 19 heavy (non-hydrogen) atoms. The van der Waals surface area contributed by atoms with Crippen LogP contribution in [0.4, 0.5) is 0 Å². The number of hydrogen-bond donors (Lipinski definition) is 4. The van der Waals surface area contributed by atoms with Gasteiger partial charge in [-0.25, -0.2) is 4.79 Å². The van der Waals surface area contributed by atoms with E-state index in [-0.39, 0.29) is 5.56 Å². The fraction of sp³-hybridized carbons (Fsp3) is 0.500. The van der Waals surface area contributed by atoms with Crippen LogP contribution in [0, 0.1) is 11.3 Å². The van der Waals surface area contributed by atoms with Crippen LogP contribution >= 0.6 is 0 Å². The SMILES string of the molecule is N#Cc1cn([C@@H]2O[C@H](CO)[C@@H](O)[C@H]2O)c(=O)[nH]c1=O. The lowest BCUT2D eigenvalue weighted by Gasteiger charge is -2.16. The van der Waals surface area contributed by atoms with Crippen LogP contribution in [0.1, 0.15) is 11.8 Å². The summed E-state index contributed by atoms with van der Waals surface area (Å²) in [5.41, 5.74) is -2.08. The van der Waals surface area contributed by atoms with Gasteiger partial charge < -0.3 is 20.1 Å². The lowest BCUT2D eigenvalue weighted by Crippen LogP contribution is -2.38. The van der Waals surface area contributed by atoms with Crippen LogP contribution in [0.3, 0.4) is 0 Å². The Bertz CT molecular complexity index is 629. The van der Waals surface area contributed by atoms with Crippen LogP contribution in [0.5, 0.6) is 0 Å². The molecule has 0 aromatic carbocycles. The summed E-state index contributed by atoms with van der Waals surface area (Å²) in [5.74, 6) is 0. The Kier molecular flexibility index (Phi) is 3.50. The van der Waals surface area contributed by atoms with Gasteiger partial charge in [0.1, 0.15) is 29.9 Å². The number of nitrogens with one attached hydrogen (secondary N) is 1. The maximum atomic E-state index is 11.6. The van der Waals surface area contributed by atoms with E-state index >= 15 is 0 Å². The molecule has 0 bridgehead atoms. The van der Waals surface area contributed by atoms with Crippen molar-refractivity contribution in [2.75, 3.05) is 6.61 Å². The molecular weight excluding hydrogens is 258 g/mol. The lowest BCUT2D eigenvalue weighted by molar-refractivity contribution is -0.0550. The minimum atomic E-state index is -1.47. The summed E-state index contributed by atoms with van der Waals surface area (Å²) in [7, 11) is 0. The molecule has 4 atom stereocenters. The predicted octanol–water partition coefficient (Wildman–Crippen LogP) is -2.98. The number of aromatic amines is 1. The summed E-state index contributed by atoms with van der Waals surface area (Å²) in [6.07, 6.45) is -4.25.